The molecule has 8 heavy (non-hydrogen) atoms. The van der Waals surface area contributed by atoms with Crippen LogP contribution in [0.2, 0.25) is 5.02 Å². The standard InChI is InChI=1S/C6H5ClO/c7-5-2-1-3-6(8)4-5/h1-4,8H/i1+1,2+1,3+1,4+1,5+1,6+1. The second kappa shape index (κ2) is 2.05. The van der Waals surface area contributed by atoms with Crippen LogP contribution in [0.1, 0.15) is 0 Å². The molecule has 0 spiro atoms. The van der Waals surface area contributed by atoms with Crippen LogP contribution in [-0.2, 0) is 0 Å². The Labute approximate surface area is 52.5 Å². The highest BCUT2D eigenvalue weighted by Crippen LogP contribution is 2.14. The summed E-state index contributed by atoms with van der Waals surface area (Å²) in [4.78, 5) is 0. The molecular weight excluding hydrogens is 129 g/mol. The van der Waals surface area contributed by atoms with Crippen molar-refractivity contribution in [3.63, 3.8) is 0 Å². The number of phenolic OH excluding ortho intramolecular Hbond substituents is 1. The molecule has 0 aliphatic heterocycles. The van der Waals surface area contributed by atoms with E-state index in [1.807, 2.05) is 0 Å². The SMILES string of the molecule is O[13c]1[13cH][13cH][13cH][13c](Cl)[13cH]1. The Morgan fingerprint density at radius 3 is 2.50 bits per heavy atom. The molecule has 1 N–H and O–H groups in total. The molecule has 0 atom stereocenters. The molecule has 0 unspecified atom stereocenters. The summed E-state index contributed by atoms with van der Waals surface area (Å²) in [6.07, 6.45) is 0. The molecule has 0 saturated carbocycles. The van der Waals surface area contributed by atoms with Gasteiger partial charge in [-0.05, 0) is 18.2 Å². The van der Waals surface area contributed by atoms with Crippen LogP contribution in [0.15, 0.2) is 24.3 Å². The molecule has 1 aromatic carbocycles. The minimum absolute atomic E-state index is 0.206. The van der Waals surface area contributed by atoms with E-state index in [1.54, 1.807) is 18.2 Å². The number of aromatic hydroxyl groups is 1. The summed E-state index contributed by atoms with van der Waals surface area (Å²) < 4.78 is 0. The maximum atomic E-state index is 8.73. The van der Waals surface area contributed by atoms with Crippen molar-refractivity contribution in [2.24, 2.45) is 0 Å². The van der Waals surface area contributed by atoms with Gasteiger partial charge in [-0.15, -0.1) is 0 Å². The summed E-state index contributed by atoms with van der Waals surface area (Å²) in [6.45, 7) is 0. The molecule has 2 heteroatoms. The van der Waals surface area contributed by atoms with Gasteiger partial charge >= 0.3 is 0 Å². The van der Waals surface area contributed by atoms with Gasteiger partial charge in [0.2, 0.25) is 0 Å². The largest absolute Gasteiger partial charge is 0.508 e. The Balaban J connectivity index is 3.08. The normalized spacial score (nSPS) is 9.12. The Kier molecular flexibility index (Phi) is 1.40. The van der Waals surface area contributed by atoms with Crippen molar-refractivity contribution < 1.29 is 5.11 Å². The molecule has 0 aliphatic rings. The summed E-state index contributed by atoms with van der Waals surface area (Å²) in [5, 5.41) is 9.29. The topological polar surface area (TPSA) is 20.2 Å². The summed E-state index contributed by atoms with van der Waals surface area (Å²) in [6, 6.07) is 6.46. The van der Waals surface area contributed by atoms with E-state index in [1.165, 1.54) is 6.07 Å². The van der Waals surface area contributed by atoms with E-state index in [0.717, 1.165) is 0 Å². The molecule has 0 aliphatic carbocycles. The Bertz CT molecular complexity index is 168. The Hall–Kier alpha value is -0.690. The fraction of sp³-hybridized carbons (Fsp3) is 0. The van der Waals surface area contributed by atoms with E-state index < -0.39 is 0 Å². The fourth-order valence-corrected chi connectivity index (χ4v) is 0.661. The lowest BCUT2D eigenvalue weighted by Crippen LogP contribution is -1.61. The maximum absolute atomic E-state index is 8.73. The van der Waals surface area contributed by atoms with Crippen LogP contribution in [-0.4, -0.2) is 5.11 Å². The lowest BCUT2D eigenvalue weighted by atomic mass is 11.3. The summed E-state index contributed by atoms with van der Waals surface area (Å²) in [5.74, 6) is 0.206. The second-order valence-corrected chi connectivity index (χ2v) is 1.92. The van der Waals surface area contributed by atoms with Crippen molar-refractivity contribution in [2.75, 3.05) is 0 Å². The average molecular weight is 135 g/mol. The molecule has 42 valence electrons. The lowest BCUT2D eigenvalue weighted by Gasteiger charge is -1.88. The van der Waals surface area contributed by atoms with E-state index in [9.17, 15) is 0 Å². The number of phenols is 1. The third-order valence-corrected chi connectivity index (χ3v) is 1.04. The molecule has 0 aromatic heterocycles. The number of rotatable bonds is 0. The molecule has 0 fully saturated rings. The molecule has 1 aromatic rings. The Morgan fingerprint density at radius 2 is 2.12 bits per heavy atom. The van der Waals surface area contributed by atoms with Crippen molar-refractivity contribution in [3.8, 4) is 5.75 Å². The first-order valence-electron chi connectivity index (χ1n) is 2.23. The first-order chi connectivity index (χ1) is 3.79. The second-order valence-electron chi connectivity index (χ2n) is 1.48. The Morgan fingerprint density at radius 1 is 1.38 bits per heavy atom. The highest BCUT2D eigenvalue weighted by Gasteiger charge is 1.85. The smallest absolute Gasteiger partial charge is 0.117 e. The van der Waals surface area contributed by atoms with Crippen LogP contribution in [0.3, 0.4) is 0 Å². The fourth-order valence-electron chi connectivity index (χ4n) is 0.476. The molecular formula is C6H5ClO. The van der Waals surface area contributed by atoms with E-state index >= 15 is 0 Å². The number of halogens is 1. The van der Waals surface area contributed by atoms with Crippen LogP contribution < -0.4 is 0 Å². The highest BCUT2D eigenvalue weighted by molar-refractivity contribution is 6.30. The minimum Gasteiger partial charge on any atom is -0.508 e. The molecule has 1 nitrogen and oxygen atoms in total. The van der Waals surface area contributed by atoms with Crippen molar-refractivity contribution in [2.45, 2.75) is 0 Å². The molecule has 0 saturated heterocycles. The van der Waals surface area contributed by atoms with Crippen molar-refractivity contribution >= 4 is 11.6 Å². The molecule has 0 heterocycles. The van der Waals surface area contributed by atoms with Gasteiger partial charge in [0.1, 0.15) is 5.75 Å². The number of benzene rings is 1. The van der Waals surface area contributed by atoms with E-state index in [0.29, 0.717) is 5.02 Å². The van der Waals surface area contributed by atoms with Crippen LogP contribution in [0.25, 0.3) is 0 Å². The molecule has 0 amide bonds. The van der Waals surface area contributed by atoms with Crippen molar-refractivity contribution in [1.82, 2.24) is 0 Å². The van der Waals surface area contributed by atoms with Gasteiger partial charge in [-0.1, -0.05) is 17.7 Å². The zero-order chi connectivity index (χ0) is 5.98. The lowest BCUT2D eigenvalue weighted by molar-refractivity contribution is 0.475. The van der Waals surface area contributed by atoms with Gasteiger partial charge in [0.15, 0.2) is 0 Å². The molecule has 1 rings (SSSR count). The van der Waals surface area contributed by atoms with E-state index in [2.05, 4.69) is 0 Å². The van der Waals surface area contributed by atoms with Gasteiger partial charge in [-0.25, -0.2) is 0 Å². The quantitative estimate of drug-likeness (QED) is 0.576. The maximum Gasteiger partial charge on any atom is 0.117 e. The van der Waals surface area contributed by atoms with E-state index in [-0.39, 0.29) is 5.75 Å². The highest BCUT2D eigenvalue weighted by atomic mass is 35.5. The van der Waals surface area contributed by atoms with Gasteiger partial charge in [0.25, 0.3) is 0 Å². The third kappa shape index (κ3) is 1.14. The predicted octanol–water partition coefficient (Wildman–Crippen LogP) is 2.05. The molecule has 0 radical (unpaired) electrons. The van der Waals surface area contributed by atoms with Gasteiger partial charge < -0.3 is 5.11 Å². The number of hydrogen-bond donors (Lipinski definition) is 1. The van der Waals surface area contributed by atoms with Gasteiger partial charge in [-0.3, -0.25) is 0 Å². The average Bonchev–Trinajstić information content (AvgIpc) is 1.64. The van der Waals surface area contributed by atoms with Gasteiger partial charge in [0.05, 0.1) is 0 Å². The van der Waals surface area contributed by atoms with Gasteiger partial charge in [0, 0.05) is 5.02 Å². The minimum atomic E-state index is 0.206. The summed E-state index contributed by atoms with van der Waals surface area (Å²) in [7, 11) is 0. The van der Waals surface area contributed by atoms with E-state index in [4.69, 9.17) is 16.7 Å². The monoisotopic (exact) mass is 134 g/mol. The number of hydrogen-bond acceptors (Lipinski definition) is 1. The molecule has 0 bridgehead atoms. The summed E-state index contributed by atoms with van der Waals surface area (Å²) >= 11 is 5.48. The first kappa shape index (κ1) is 5.45. The predicted molar refractivity (Wildman–Crippen MR) is 33.1 cm³/mol. The van der Waals surface area contributed by atoms with Crippen LogP contribution in [0, 0.1) is 0 Å². The first-order valence-corrected chi connectivity index (χ1v) is 2.61. The third-order valence-electron chi connectivity index (χ3n) is 0.808. The van der Waals surface area contributed by atoms with Crippen molar-refractivity contribution in [1.29, 1.82) is 0 Å². The van der Waals surface area contributed by atoms with Gasteiger partial charge in [-0.2, -0.15) is 0 Å². The zero-order valence-electron chi connectivity index (χ0n) is 4.13. The zero-order valence-corrected chi connectivity index (χ0v) is 4.89. The summed E-state index contributed by atoms with van der Waals surface area (Å²) in [5.41, 5.74) is 0. The van der Waals surface area contributed by atoms with Crippen molar-refractivity contribution in [3.05, 3.63) is 29.3 Å². The van der Waals surface area contributed by atoms with Crippen LogP contribution in [0.4, 0.5) is 0 Å². The van der Waals surface area contributed by atoms with Crippen LogP contribution in [0.5, 0.6) is 5.75 Å². The van der Waals surface area contributed by atoms with Crippen LogP contribution >= 0.6 is 11.6 Å².